The Morgan fingerprint density at radius 3 is 2.08 bits per heavy atom. The van der Waals surface area contributed by atoms with E-state index in [0.29, 0.717) is 17.5 Å². The van der Waals surface area contributed by atoms with Crippen LogP contribution in [-0.2, 0) is 65.7 Å². The van der Waals surface area contributed by atoms with E-state index in [4.69, 9.17) is 17.3 Å². The van der Waals surface area contributed by atoms with Gasteiger partial charge in [-0.2, -0.15) is 11.8 Å². The number of nitrogens with two attached hydrogens (primary N) is 3. The highest BCUT2D eigenvalue weighted by Crippen LogP contribution is 2.17. The minimum absolute atomic E-state index is 0.0373. The molecule has 1 unspecified atom stereocenters. The van der Waals surface area contributed by atoms with Gasteiger partial charge in [0.05, 0.1) is 37.6 Å². The van der Waals surface area contributed by atoms with Crippen molar-refractivity contribution in [1.82, 2.24) is 42.4 Å². The molecule has 2 aromatic rings. The molecule has 7 atom stereocenters. The van der Waals surface area contributed by atoms with E-state index in [1.807, 2.05) is 0 Å². The summed E-state index contributed by atoms with van der Waals surface area (Å²) in [4.78, 5) is 150. The molecular weight excluding hydrogens is 958 g/mol. The first-order valence-electron chi connectivity index (χ1n) is 23.6. The number of primary amides is 2. The van der Waals surface area contributed by atoms with Crippen LogP contribution in [0.2, 0.25) is 0 Å². The van der Waals surface area contributed by atoms with Crippen LogP contribution >= 0.6 is 11.8 Å². The average molecular weight is 1030 g/mol. The molecule has 0 aromatic heterocycles. The maximum absolute atomic E-state index is 14.8. The number of Topliss-reactive ketones (excluding diaryl/α,β-unsaturated/α-hetero) is 4. The summed E-state index contributed by atoms with van der Waals surface area (Å²) in [5, 5.41) is 10.2. The molecule has 0 bridgehead atoms. The third-order valence-corrected chi connectivity index (χ3v) is 12.6. The van der Waals surface area contributed by atoms with Gasteiger partial charge in [-0.05, 0) is 60.1 Å². The minimum Gasteiger partial charge on any atom is -0.370 e. The Morgan fingerprint density at radius 1 is 0.806 bits per heavy atom. The van der Waals surface area contributed by atoms with Crippen LogP contribution in [0.15, 0.2) is 54.6 Å². The number of nitrogens with zero attached hydrogens (tertiary/aromatic N) is 1. The SMILES string of the molecule is CC[C@H](C)C1NN[C@@H](CCC(N)=O)C(=O)N[C@@H](CC(N)=O)C(=O)N[C@H](C(=O)N(CC(=O)N[C@@H](CC(C)C)C(=O)C(=O)CNN)Cc2ccc(F)cc2)CCSCCC(=O)N[C@@H](Cc2ccccc2)C(=O)C1=O. The summed E-state index contributed by atoms with van der Waals surface area (Å²) in [6.45, 7) is 5.37. The summed E-state index contributed by atoms with van der Waals surface area (Å²) >= 11 is 1.18. The van der Waals surface area contributed by atoms with E-state index in [0.717, 1.165) is 17.0 Å². The van der Waals surface area contributed by atoms with E-state index >= 15 is 0 Å². The second-order valence-electron chi connectivity index (χ2n) is 17.9. The molecule has 0 saturated carbocycles. The molecule has 24 heteroatoms. The molecule has 1 heterocycles. The van der Waals surface area contributed by atoms with Gasteiger partial charge < -0.3 is 37.6 Å². The molecule has 72 heavy (non-hydrogen) atoms. The van der Waals surface area contributed by atoms with Gasteiger partial charge in [-0.3, -0.25) is 64.0 Å². The zero-order chi connectivity index (χ0) is 53.5. The predicted molar refractivity (Wildman–Crippen MR) is 263 cm³/mol. The fraction of sp³-hybridized carbons (Fsp3) is 0.521. The molecule has 22 nitrogen and oxygen atoms in total. The van der Waals surface area contributed by atoms with Crippen molar-refractivity contribution >= 4 is 76.2 Å². The molecule has 394 valence electrons. The normalized spacial score (nSPS) is 20.8. The Morgan fingerprint density at radius 2 is 1.47 bits per heavy atom. The minimum atomic E-state index is -1.75. The number of carbonyl (C=O) groups is 11. The zero-order valence-electron chi connectivity index (χ0n) is 41.0. The smallest absolute Gasteiger partial charge is 0.245 e. The molecule has 3 rings (SSSR count). The molecular formula is C48H68FN11O11S. The highest BCUT2D eigenvalue weighted by Gasteiger charge is 2.37. The lowest BCUT2D eigenvalue weighted by Gasteiger charge is -2.30. The van der Waals surface area contributed by atoms with Gasteiger partial charge in [0.25, 0.3) is 0 Å². The molecule has 1 saturated heterocycles. The van der Waals surface area contributed by atoms with Crippen LogP contribution in [0.3, 0.4) is 0 Å². The summed E-state index contributed by atoms with van der Waals surface area (Å²) < 4.78 is 14.0. The first-order chi connectivity index (χ1) is 34.1. The number of benzene rings is 2. The number of rotatable bonds is 21. The van der Waals surface area contributed by atoms with Gasteiger partial charge in [-0.25, -0.2) is 15.2 Å². The number of thioether (sulfide) groups is 1. The van der Waals surface area contributed by atoms with Crippen LogP contribution in [0.4, 0.5) is 4.39 Å². The Labute approximate surface area is 421 Å². The Bertz CT molecular complexity index is 2240. The van der Waals surface area contributed by atoms with Gasteiger partial charge in [0.2, 0.25) is 64.5 Å². The lowest BCUT2D eigenvalue weighted by atomic mass is 9.90. The maximum atomic E-state index is 14.8. The van der Waals surface area contributed by atoms with Gasteiger partial charge in [-0.1, -0.05) is 76.6 Å². The first kappa shape index (κ1) is 59.8. The van der Waals surface area contributed by atoms with Crippen LogP contribution < -0.4 is 54.9 Å². The molecule has 0 radical (unpaired) electrons. The molecule has 1 fully saturated rings. The lowest BCUT2D eigenvalue weighted by Crippen LogP contribution is -2.61. The van der Waals surface area contributed by atoms with Crippen LogP contribution in [0.1, 0.15) is 83.8 Å². The van der Waals surface area contributed by atoms with Crippen molar-refractivity contribution in [2.75, 3.05) is 24.6 Å². The van der Waals surface area contributed by atoms with Gasteiger partial charge in [0, 0.05) is 31.6 Å². The van der Waals surface area contributed by atoms with Crippen molar-refractivity contribution in [2.24, 2.45) is 29.1 Å². The standard InChI is InChI=1S/C48H68FN11O11S/c1-5-28(4)42-45(68)44(67)35(22-29-9-7-6-8-10-29)54-40(64)18-20-72-19-17-33(56-47(70)36(23-39(51)63)57-46(69)32(58-59-42)15-16-38(50)62)48(71)60(25-30-11-13-31(49)14-12-30)26-41(65)55-34(21-27(2)3)43(66)37(61)24-53-52/h6-14,27-28,32-36,42,53,58-59H,5,15-26,52H2,1-4H3,(H2,50,62)(H2,51,63)(H,54,64)(H,55,65)(H,56,70)(H,57,69)/t28-,32-,33-,34-,35-,36-,42?/m0/s1. The predicted octanol–water partition coefficient (Wildman–Crippen LogP) is -1.33. The summed E-state index contributed by atoms with van der Waals surface area (Å²) in [5.74, 6) is -5.81. The first-order valence-corrected chi connectivity index (χ1v) is 24.8. The van der Waals surface area contributed by atoms with Crippen molar-refractivity contribution in [1.29, 1.82) is 0 Å². The highest BCUT2D eigenvalue weighted by atomic mass is 32.2. The molecule has 0 spiro atoms. The van der Waals surface area contributed by atoms with Crippen molar-refractivity contribution in [3.8, 4) is 0 Å². The molecule has 7 amide bonds. The Balaban J connectivity index is 2.11. The fourth-order valence-electron chi connectivity index (χ4n) is 7.51. The van der Waals surface area contributed by atoms with Crippen molar-refractivity contribution in [3.05, 3.63) is 71.5 Å². The van der Waals surface area contributed by atoms with E-state index in [2.05, 4.69) is 37.5 Å². The van der Waals surface area contributed by atoms with Crippen LogP contribution in [-0.4, -0.2) is 130 Å². The zero-order valence-corrected chi connectivity index (χ0v) is 41.8. The van der Waals surface area contributed by atoms with E-state index < -0.39 is 132 Å². The van der Waals surface area contributed by atoms with Gasteiger partial charge in [0.15, 0.2) is 0 Å². The number of carbonyl (C=O) groups excluding carboxylic acids is 11. The molecule has 13 N–H and O–H groups in total. The number of hydrogen-bond donors (Lipinski definition) is 10. The molecule has 0 aliphatic carbocycles. The number of hydrogen-bond acceptors (Lipinski definition) is 16. The maximum Gasteiger partial charge on any atom is 0.245 e. The number of amides is 7. The van der Waals surface area contributed by atoms with E-state index in [9.17, 15) is 57.1 Å². The van der Waals surface area contributed by atoms with Crippen LogP contribution in [0.25, 0.3) is 0 Å². The molecule has 1 aliphatic heterocycles. The molecule has 1 aliphatic rings. The summed E-state index contributed by atoms with van der Waals surface area (Å²) in [6.07, 6.45) is -1.46. The molecule has 2 aromatic carbocycles. The largest absolute Gasteiger partial charge is 0.370 e. The van der Waals surface area contributed by atoms with E-state index in [1.54, 1.807) is 58.0 Å². The average Bonchev–Trinajstić information content (AvgIpc) is 3.32. The number of nitrogens with one attached hydrogen (secondary N) is 7. The summed E-state index contributed by atoms with van der Waals surface area (Å²) in [5.41, 5.74) is 19.5. The van der Waals surface area contributed by atoms with Gasteiger partial charge in [0.1, 0.15) is 23.9 Å². The number of ketones is 4. The summed E-state index contributed by atoms with van der Waals surface area (Å²) in [6, 6.07) is 5.07. The fourth-order valence-corrected chi connectivity index (χ4v) is 8.45. The van der Waals surface area contributed by atoms with Crippen LogP contribution in [0, 0.1) is 17.7 Å². The monoisotopic (exact) mass is 1030 g/mol. The van der Waals surface area contributed by atoms with E-state index in [-0.39, 0.29) is 62.5 Å². The van der Waals surface area contributed by atoms with Crippen molar-refractivity contribution < 1.29 is 57.1 Å². The Kier molecular flexibility index (Phi) is 25.3. The topological polar surface area (TPSA) is 353 Å². The quantitative estimate of drug-likeness (QED) is 0.0393. The number of hydrazine groups is 2. The van der Waals surface area contributed by atoms with Crippen molar-refractivity contribution in [2.45, 2.75) is 122 Å². The Hall–Kier alpha value is -6.47. The van der Waals surface area contributed by atoms with Crippen molar-refractivity contribution in [3.63, 3.8) is 0 Å². The lowest BCUT2D eigenvalue weighted by molar-refractivity contribution is -0.142. The second-order valence-corrected chi connectivity index (χ2v) is 19.2. The van der Waals surface area contributed by atoms with E-state index in [1.165, 1.54) is 23.9 Å². The van der Waals surface area contributed by atoms with Gasteiger partial charge >= 0.3 is 0 Å². The van der Waals surface area contributed by atoms with Crippen LogP contribution in [0.5, 0.6) is 0 Å². The summed E-state index contributed by atoms with van der Waals surface area (Å²) in [7, 11) is 0. The second kappa shape index (κ2) is 30.4. The third-order valence-electron chi connectivity index (χ3n) is 11.6. The third kappa shape index (κ3) is 20.3. The van der Waals surface area contributed by atoms with Gasteiger partial charge in [-0.15, -0.1) is 0 Å². The highest BCUT2D eigenvalue weighted by molar-refractivity contribution is 7.99. The number of halogens is 1.